The van der Waals surface area contributed by atoms with Crippen molar-refractivity contribution in [3.05, 3.63) is 52.1 Å². The first-order valence-corrected chi connectivity index (χ1v) is 7.28. The standard InChI is InChI=1S/C17H19NO3/c1-3-12-10-17(19)21-16-11-14(4-5-15(12)16)20-13-6-8-18(2)9-7-13/h4-6,10-11H,3,7-9H2,1-2H3. The van der Waals surface area contributed by atoms with Crippen molar-refractivity contribution in [1.82, 2.24) is 4.90 Å². The molecule has 0 saturated heterocycles. The average molecular weight is 285 g/mol. The van der Waals surface area contributed by atoms with Crippen LogP contribution in [0.3, 0.4) is 0 Å². The molecule has 0 N–H and O–H groups in total. The summed E-state index contributed by atoms with van der Waals surface area (Å²) in [6.07, 6.45) is 3.79. The van der Waals surface area contributed by atoms with Crippen molar-refractivity contribution in [3.63, 3.8) is 0 Å². The van der Waals surface area contributed by atoms with Gasteiger partial charge in [-0.3, -0.25) is 0 Å². The Labute approximate surface area is 123 Å². The highest BCUT2D eigenvalue weighted by Crippen LogP contribution is 2.25. The summed E-state index contributed by atoms with van der Waals surface area (Å²) in [7, 11) is 2.09. The maximum atomic E-state index is 11.6. The first-order valence-electron chi connectivity index (χ1n) is 7.28. The number of hydrogen-bond donors (Lipinski definition) is 0. The van der Waals surface area contributed by atoms with Crippen molar-refractivity contribution in [2.75, 3.05) is 20.1 Å². The zero-order valence-electron chi connectivity index (χ0n) is 12.4. The first kappa shape index (κ1) is 13.9. The summed E-state index contributed by atoms with van der Waals surface area (Å²) >= 11 is 0. The Morgan fingerprint density at radius 1 is 1.33 bits per heavy atom. The predicted molar refractivity (Wildman–Crippen MR) is 82.7 cm³/mol. The van der Waals surface area contributed by atoms with Gasteiger partial charge in [-0.2, -0.15) is 0 Å². The van der Waals surface area contributed by atoms with Crippen LogP contribution in [-0.2, 0) is 6.42 Å². The van der Waals surface area contributed by atoms with E-state index in [0.29, 0.717) is 5.58 Å². The van der Waals surface area contributed by atoms with Gasteiger partial charge in [0.2, 0.25) is 0 Å². The predicted octanol–water partition coefficient (Wildman–Crippen LogP) is 2.95. The molecule has 1 aliphatic rings. The van der Waals surface area contributed by atoms with Crippen LogP contribution < -0.4 is 10.4 Å². The van der Waals surface area contributed by atoms with Gasteiger partial charge in [0.1, 0.15) is 17.1 Å². The average Bonchev–Trinajstić information content (AvgIpc) is 2.48. The monoisotopic (exact) mass is 285 g/mol. The van der Waals surface area contributed by atoms with E-state index in [1.807, 2.05) is 19.1 Å². The molecule has 0 unspecified atom stereocenters. The maximum Gasteiger partial charge on any atom is 0.336 e. The van der Waals surface area contributed by atoms with E-state index in [9.17, 15) is 4.79 Å². The van der Waals surface area contributed by atoms with Gasteiger partial charge in [-0.05, 0) is 37.2 Å². The second kappa shape index (κ2) is 5.74. The lowest BCUT2D eigenvalue weighted by atomic mass is 10.1. The molecule has 110 valence electrons. The minimum Gasteiger partial charge on any atom is -0.462 e. The summed E-state index contributed by atoms with van der Waals surface area (Å²) < 4.78 is 11.2. The fourth-order valence-electron chi connectivity index (χ4n) is 2.56. The second-order valence-corrected chi connectivity index (χ2v) is 5.39. The number of rotatable bonds is 3. The summed E-state index contributed by atoms with van der Waals surface area (Å²) in [6.45, 7) is 3.93. The Hall–Kier alpha value is -2.07. The zero-order chi connectivity index (χ0) is 14.8. The molecule has 0 bridgehead atoms. The first-order chi connectivity index (χ1) is 10.2. The molecule has 3 rings (SSSR count). The molecule has 0 amide bonds. The lowest BCUT2D eigenvalue weighted by Gasteiger charge is -2.21. The van der Waals surface area contributed by atoms with Crippen molar-refractivity contribution in [2.45, 2.75) is 19.8 Å². The van der Waals surface area contributed by atoms with Gasteiger partial charge in [-0.25, -0.2) is 4.79 Å². The van der Waals surface area contributed by atoms with Crippen LogP contribution in [0.25, 0.3) is 11.0 Å². The molecule has 1 aromatic carbocycles. The third-order valence-electron chi connectivity index (χ3n) is 3.80. The van der Waals surface area contributed by atoms with Crippen LogP contribution in [0.2, 0.25) is 0 Å². The van der Waals surface area contributed by atoms with E-state index in [0.717, 1.165) is 48.4 Å². The highest BCUT2D eigenvalue weighted by molar-refractivity contribution is 5.81. The van der Waals surface area contributed by atoms with Crippen LogP contribution in [0.5, 0.6) is 5.75 Å². The molecule has 1 aromatic heterocycles. The minimum atomic E-state index is -0.310. The summed E-state index contributed by atoms with van der Waals surface area (Å²) in [5.41, 5.74) is 1.28. The number of hydrogen-bond acceptors (Lipinski definition) is 4. The van der Waals surface area contributed by atoms with Crippen LogP contribution in [-0.4, -0.2) is 25.0 Å². The van der Waals surface area contributed by atoms with Crippen LogP contribution in [0.15, 0.2) is 45.3 Å². The number of nitrogens with zero attached hydrogens (tertiary/aromatic N) is 1. The minimum absolute atomic E-state index is 0.310. The molecule has 0 fully saturated rings. The topological polar surface area (TPSA) is 42.7 Å². The number of aryl methyl sites for hydroxylation is 1. The van der Waals surface area contributed by atoms with Crippen molar-refractivity contribution < 1.29 is 9.15 Å². The molecule has 21 heavy (non-hydrogen) atoms. The Balaban J connectivity index is 1.92. The smallest absolute Gasteiger partial charge is 0.336 e. The molecule has 0 radical (unpaired) electrons. The van der Waals surface area contributed by atoms with Crippen LogP contribution in [0, 0.1) is 0 Å². The summed E-state index contributed by atoms with van der Waals surface area (Å²) in [5, 5.41) is 0.974. The molecule has 4 heteroatoms. The third kappa shape index (κ3) is 3.00. The van der Waals surface area contributed by atoms with Crippen molar-refractivity contribution >= 4 is 11.0 Å². The fourth-order valence-corrected chi connectivity index (χ4v) is 2.56. The molecule has 0 aliphatic carbocycles. The van der Waals surface area contributed by atoms with Crippen LogP contribution in [0.1, 0.15) is 18.9 Å². The molecule has 0 spiro atoms. The van der Waals surface area contributed by atoms with Crippen LogP contribution in [0.4, 0.5) is 0 Å². The third-order valence-corrected chi connectivity index (χ3v) is 3.80. The fraction of sp³-hybridized carbons (Fsp3) is 0.353. The second-order valence-electron chi connectivity index (χ2n) is 5.39. The SMILES string of the molecule is CCc1cc(=O)oc2cc(OC3=CCN(C)CC3)ccc12. The van der Waals surface area contributed by atoms with Gasteiger partial charge in [-0.1, -0.05) is 6.92 Å². The Morgan fingerprint density at radius 2 is 2.19 bits per heavy atom. The van der Waals surface area contributed by atoms with E-state index in [4.69, 9.17) is 9.15 Å². The molecule has 2 heterocycles. The van der Waals surface area contributed by atoms with Gasteiger partial charge >= 0.3 is 5.63 Å². The van der Waals surface area contributed by atoms with Gasteiger partial charge in [0.05, 0.1) is 0 Å². The van der Waals surface area contributed by atoms with E-state index in [1.54, 1.807) is 12.1 Å². The number of benzene rings is 1. The summed E-state index contributed by atoms with van der Waals surface area (Å²) in [6, 6.07) is 7.25. The normalized spacial score (nSPS) is 16.0. The van der Waals surface area contributed by atoms with Gasteiger partial charge in [0.25, 0.3) is 0 Å². The molecule has 2 aromatic rings. The maximum absolute atomic E-state index is 11.6. The highest BCUT2D eigenvalue weighted by Gasteiger charge is 2.11. The van der Waals surface area contributed by atoms with Gasteiger partial charge in [-0.15, -0.1) is 0 Å². The molecule has 0 saturated carbocycles. The number of fused-ring (bicyclic) bond motifs is 1. The molecular formula is C17H19NO3. The Bertz CT molecular complexity index is 745. The van der Waals surface area contributed by atoms with Crippen LogP contribution >= 0.6 is 0 Å². The summed E-state index contributed by atoms with van der Waals surface area (Å²) in [4.78, 5) is 13.8. The lowest BCUT2D eigenvalue weighted by Crippen LogP contribution is -2.25. The largest absolute Gasteiger partial charge is 0.462 e. The van der Waals surface area contributed by atoms with Gasteiger partial charge in [0, 0.05) is 37.0 Å². The van der Waals surface area contributed by atoms with Crippen molar-refractivity contribution in [1.29, 1.82) is 0 Å². The Kier molecular flexibility index (Phi) is 3.80. The van der Waals surface area contributed by atoms with Crippen molar-refractivity contribution in [3.8, 4) is 5.75 Å². The molecular weight excluding hydrogens is 266 g/mol. The van der Waals surface area contributed by atoms with E-state index in [-0.39, 0.29) is 5.63 Å². The molecule has 0 atom stereocenters. The number of ether oxygens (including phenoxy) is 1. The highest BCUT2D eigenvalue weighted by atomic mass is 16.5. The van der Waals surface area contributed by atoms with E-state index < -0.39 is 0 Å². The molecule has 4 nitrogen and oxygen atoms in total. The molecule has 1 aliphatic heterocycles. The lowest BCUT2D eigenvalue weighted by molar-refractivity contribution is 0.302. The van der Waals surface area contributed by atoms with Crippen molar-refractivity contribution in [2.24, 2.45) is 0 Å². The summed E-state index contributed by atoms with van der Waals surface area (Å²) in [5.74, 6) is 1.69. The van der Waals surface area contributed by atoms with Gasteiger partial charge in [0.15, 0.2) is 0 Å². The Morgan fingerprint density at radius 3 is 2.90 bits per heavy atom. The van der Waals surface area contributed by atoms with E-state index in [2.05, 4.69) is 18.0 Å². The quantitative estimate of drug-likeness (QED) is 0.813. The van der Waals surface area contributed by atoms with E-state index >= 15 is 0 Å². The number of likely N-dealkylation sites (N-methyl/N-ethyl adjacent to an activating group) is 1. The zero-order valence-corrected chi connectivity index (χ0v) is 12.4. The van der Waals surface area contributed by atoms with Gasteiger partial charge < -0.3 is 14.1 Å². The van der Waals surface area contributed by atoms with E-state index in [1.165, 1.54) is 0 Å².